The van der Waals surface area contributed by atoms with Gasteiger partial charge in [0.15, 0.2) is 17.6 Å². The lowest BCUT2D eigenvalue weighted by molar-refractivity contribution is -0.165. The van der Waals surface area contributed by atoms with Crippen LogP contribution < -0.4 is 0 Å². The summed E-state index contributed by atoms with van der Waals surface area (Å²) in [5.41, 5.74) is 0.815. The van der Waals surface area contributed by atoms with Gasteiger partial charge in [0.2, 0.25) is 0 Å². The van der Waals surface area contributed by atoms with E-state index in [1.165, 1.54) is 12.1 Å². The number of thioether (sulfide) groups is 1. The first-order chi connectivity index (χ1) is 14.7. The molecule has 3 rings (SSSR count). The fourth-order valence-corrected chi connectivity index (χ4v) is 3.38. The lowest BCUT2D eigenvalue weighted by Gasteiger charge is -2.19. The van der Waals surface area contributed by atoms with Crippen molar-refractivity contribution in [3.63, 3.8) is 0 Å². The summed E-state index contributed by atoms with van der Waals surface area (Å²) in [5, 5.41) is 8.88. The first-order valence-corrected chi connectivity index (χ1v) is 10.5. The van der Waals surface area contributed by atoms with Gasteiger partial charge in [0.25, 0.3) is 0 Å². The summed E-state index contributed by atoms with van der Waals surface area (Å²) in [6, 6.07) is 15.3. The number of rotatable bonds is 7. The summed E-state index contributed by atoms with van der Waals surface area (Å²) in [6.45, 7) is 4.75. The Morgan fingerprint density at radius 3 is 2.32 bits per heavy atom. The minimum absolute atomic E-state index is 0.0722. The summed E-state index contributed by atoms with van der Waals surface area (Å²) < 4.78 is 25.2. The van der Waals surface area contributed by atoms with Gasteiger partial charge in [-0.25, -0.2) is 9.18 Å². The van der Waals surface area contributed by atoms with E-state index in [0.717, 1.165) is 17.4 Å². The second kappa shape index (κ2) is 9.74. The zero-order chi connectivity index (χ0) is 22.4. The molecule has 0 amide bonds. The normalized spacial score (nSPS) is 11.2. The molecular weight excluding hydrogens is 421 g/mol. The standard InChI is InChI=1S/C22H22FN3O4S/c1-22(2,3)30-18(27)13-29-19(28)14-31-21-25-24-20(15-9-11-16(23)12-10-15)26(21)17-7-5-4-6-8-17/h4-12H,13-14H2,1-3H3. The van der Waals surface area contributed by atoms with Gasteiger partial charge in [-0.2, -0.15) is 0 Å². The number of halogens is 1. The number of carbonyl (C=O) groups excluding carboxylic acids is 2. The molecule has 162 valence electrons. The minimum atomic E-state index is -0.652. The average Bonchev–Trinajstić information content (AvgIpc) is 3.14. The molecule has 9 heteroatoms. The van der Waals surface area contributed by atoms with Crippen LogP contribution in [0.25, 0.3) is 17.1 Å². The molecule has 0 bridgehead atoms. The monoisotopic (exact) mass is 443 g/mol. The summed E-state index contributed by atoms with van der Waals surface area (Å²) in [6.07, 6.45) is 0. The summed E-state index contributed by atoms with van der Waals surface area (Å²) in [7, 11) is 0. The molecule has 0 spiro atoms. The summed E-state index contributed by atoms with van der Waals surface area (Å²) in [5.74, 6) is -1.11. The quantitative estimate of drug-likeness (QED) is 0.402. The van der Waals surface area contributed by atoms with E-state index in [9.17, 15) is 14.0 Å². The van der Waals surface area contributed by atoms with Crippen molar-refractivity contribution in [3.05, 3.63) is 60.4 Å². The largest absolute Gasteiger partial charge is 0.457 e. The molecule has 3 aromatic rings. The van der Waals surface area contributed by atoms with Gasteiger partial charge < -0.3 is 9.47 Å². The molecule has 0 aliphatic heterocycles. The van der Waals surface area contributed by atoms with E-state index in [2.05, 4.69) is 10.2 Å². The second-order valence-electron chi connectivity index (χ2n) is 7.52. The minimum Gasteiger partial charge on any atom is -0.457 e. The highest BCUT2D eigenvalue weighted by Crippen LogP contribution is 2.28. The van der Waals surface area contributed by atoms with Crippen LogP contribution in [0.1, 0.15) is 20.8 Å². The molecular formula is C22H22FN3O4S. The molecule has 7 nitrogen and oxygen atoms in total. The van der Waals surface area contributed by atoms with Gasteiger partial charge in [-0.3, -0.25) is 9.36 Å². The summed E-state index contributed by atoms with van der Waals surface area (Å²) >= 11 is 1.12. The number of para-hydroxylation sites is 1. The van der Waals surface area contributed by atoms with Crippen molar-refractivity contribution in [1.29, 1.82) is 0 Å². The predicted octanol–water partition coefficient (Wildman–Crippen LogP) is 4.05. The Morgan fingerprint density at radius 1 is 1.00 bits per heavy atom. The highest BCUT2D eigenvalue weighted by atomic mass is 32.2. The number of hydrogen-bond acceptors (Lipinski definition) is 7. The Labute approximate surface area is 183 Å². The molecule has 0 atom stereocenters. The Hall–Kier alpha value is -3.20. The molecule has 0 aliphatic carbocycles. The topological polar surface area (TPSA) is 83.3 Å². The number of aromatic nitrogens is 3. The van der Waals surface area contributed by atoms with E-state index in [-0.39, 0.29) is 11.6 Å². The zero-order valence-corrected chi connectivity index (χ0v) is 18.2. The second-order valence-corrected chi connectivity index (χ2v) is 8.46. The number of nitrogens with zero attached hydrogens (tertiary/aromatic N) is 3. The van der Waals surface area contributed by atoms with Crippen LogP contribution in [0.4, 0.5) is 4.39 Å². The molecule has 31 heavy (non-hydrogen) atoms. The summed E-state index contributed by atoms with van der Waals surface area (Å²) in [4.78, 5) is 23.8. The average molecular weight is 444 g/mol. The maximum absolute atomic E-state index is 13.3. The van der Waals surface area contributed by atoms with Crippen molar-refractivity contribution >= 4 is 23.7 Å². The van der Waals surface area contributed by atoms with Gasteiger partial charge in [-0.1, -0.05) is 30.0 Å². The van der Waals surface area contributed by atoms with Gasteiger partial charge >= 0.3 is 11.9 Å². The van der Waals surface area contributed by atoms with Crippen LogP contribution in [0, 0.1) is 5.82 Å². The third-order valence-corrected chi connectivity index (χ3v) is 4.74. The van der Waals surface area contributed by atoms with Gasteiger partial charge in [0.1, 0.15) is 11.4 Å². The molecule has 0 aliphatic rings. The smallest absolute Gasteiger partial charge is 0.344 e. The first-order valence-electron chi connectivity index (χ1n) is 9.50. The maximum atomic E-state index is 13.3. The number of ether oxygens (including phenoxy) is 2. The van der Waals surface area contributed by atoms with Crippen LogP contribution >= 0.6 is 11.8 Å². The molecule has 0 radical (unpaired) electrons. The van der Waals surface area contributed by atoms with E-state index in [1.807, 2.05) is 30.3 Å². The van der Waals surface area contributed by atoms with Crippen molar-refractivity contribution < 1.29 is 23.5 Å². The molecule has 0 saturated carbocycles. The van der Waals surface area contributed by atoms with E-state index in [4.69, 9.17) is 9.47 Å². The van der Waals surface area contributed by atoms with Crippen molar-refractivity contribution in [2.75, 3.05) is 12.4 Å². The van der Waals surface area contributed by atoms with Gasteiger partial charge in [-0.15, -0.1) is 10.2 Å². The lowest BCUT2D eigenvalue weighted by Crippen LogP contribution is -2.27. The van der Waals surface area contributed by atoms with Crippen LogP contribution in [0.5, 0.6) is 0 Å². The van der Waals surface area contributed by atoms with Crippen LogP contribution in [0.3, 0.4) is 0 Å². The van der Waals surface area contributed by atoms with Crippen molar-refractivity contribution in [2.45, 2.75) is 31.5 Å². The highest BCUT2D eigenvalue weighted by molar-refractivity contribution is 7.99. The van der Waals surface area contributed by atoms with Gasteiger partial charge in [-0.05, 0) is 57.2 Å². The first kappa shape index (κ1) is 22.5. The predicted molar refractivity (Wildman–Crippen MR) is 114 cm³/mol. The zero-order valence-electron chi connectivity index (χ0n) is 17.4. The Balaban J connectivity index is 1.73. The number of carbonyl (C=O) groups is 2. The fourth-order valence-electron chi connectivity index (χ4n) is 2.63. The van der Waals surface area contributed by atoms with Crippen LogP contribution in [-0.4, -0.2) is 44.7 Å². The molecule has 0 N–H and O–H groups in total. The molecule has 1 aromatic heterocycles. The Kier molecular flexibility index (Phi) is 7.06. The number of hydrogen-bond donors (Lipinski definition) is 0. The van der Waals surface area contributed by atoms with Crippen molar-refractivity contribution in [3.8, 4) is 17.1 Å². The van der Waals surface area contributed by atoms with E-state index in [0.29, 0.717) is 16.5 Å². The van der Waals surface area contributed by atoms with Crippen molar-refractivity contribution in [2.24, 2.45) is 0 Å². The maximum Gasteiger partial charge on any atom is 0.344 e. The Bertz CT molecular complexity index is 1050. The molecule has 0 fully saturated rings. The van der Waals surface area contributed by atoms with Crippen molar-refractivity contribution in [1.82, 2.24) is 14.8 Å². The SMILES string of the molecule is CC(C)(C)OC(=O)COC(=O)CSc1nnc(-c2ccc(F)cc2)n1-c1ccccc1. The number of benzene rings is 2. The number of esters is 2. The van der Waals surface area contributed by atoms with E-state index < -0.39 is 24.1 Å². The molecule has 1 heterocycles. The third kappa shape index (κ3) is 6.39. The van der Waals surface area contributed by atoms with E-state index in [1.54, 1.807) is 37.5 Å². The van der Waals surface area contributed by atoms with Crippen LogP contribution in [-0.2, 0) is 19.1 Å². The van der Waals surface area contributed by atoms with E-state index >= 15 is 0 Å². The molecule has 2 aromatic carbocycles. The third-order valence-electron chi connectivity index (χ3n) is 3.84. The van der Waals surface area contributed by atoms with Gasteiger partial charge in [0, 0.05) is 11.3 Å². The Morgan fingerprint density at radius 2 is 1.68 bits per heavy atom. The fraction of sp³-hybridized carbons (Fsp3) is 0.273. The van der Waals surface area contributed by atoms with Crippen LogP contribution in [0.2, 0.25) is 0 Å². The molecule has 0 saturated heterocycles. The lowest BCUT2D eigenvalue weighted by atomic mass is 10.2. The molecule has 0 unspecified atom stereocenters. The van der Waals surface area contributed by atoms with Gasteiger partial charge in [0.05, 0.1) is 5.75 Å². The highest BCUT2D eigenvalue weighted by Gasteiger charge is 2.20. The van der Waals surface area contributed by atoms with Crippen LogP contribution in [0.15, 0.2) is 59.8 Å².